The first-order chi connectivity index (χ1) is 14.0. The number of benzene rings is 2. The second kappa shape index (κ2) is 7.95. The molecule has 7 heteroatoms. The van der Waals surface area contributed by atoms with Crippen molar-refractivity contribution in [3.8, 4) is 0 Å². The van der Waals surface area contributed by atoms with E-state index in [2.05, 4.69) is 5.32 Å². The van der Waals surface area contributed by atoms with Crippen LogP contribution in [0.4, 0.5) is 5.69 Å². The summed E-state index contributed by atoms with van der Waals surface area (Å²) >= 11 is 0. The van der Waals surface area contributed by atoms with Crippen LogP contribution in [0.15, 0.2) is 51.7 Å². The molecule has 1 N–H and O–H groups in total. The number of carbonyl (C=O) groups is 2. The van der Waals surface area contributed by atoms with Crippen molar-refractivity contribution in [3.63, 3.8) is 0 Å². The molecule has 1 aromatic heterocycles. The second-order valence-electron chi connectivity index (χ2n) is 7.28. The van der Waals surface area contributed by atoms with Gasteiger partial charge < -0.3 is 14.6 Å². The van der Waals surface area contributed by atoms with Gasteiger partial charge in [-0.05, 0) is 43.5 Å². The van der Waals surface area contributed by atoms with Crippen molar-refractivity contribution in [2.75, 3.05) is 18.4 Å². The molecule has 1 aliphatic heterocycles. The summed E-state index contributed by atoms with van der Waals surface area (Å²) in [5.41, 5.74) is 3.03. The Morgan fingerprint density at radius 2 is 1.83 bits per heavy atom. The largest absolute Gasteiger partial charge is 0.419 e. The third-order valence-corrected chi connectivity index (χ3v) is 5.30. The minimum Gasteiger partial charge on any atom is -0.408 e. The molecule has 1 aliphatic rings. The molecule has 1 saturated heterocycles. The number of hydrogen-bond donors (Lipinski definition) is 1. The number of nitrogens with one attached hydrogen (secondary N) is 1. The number of para-hydroxylation sites is 3. The molecule has 2 amide bonds. The van der Waals surface area contributed by atoms with Crippen molar-refractivity contribution in [2.24, 2.45) is 0 Å². The number of likely N-dealkylation sites (tertiary alicyclic amines) is 1. The van der Waals surface area contributed by atoms with Crippen LogP contribution in [0, 0.1) is 6.92 Å². The van der Waals surface area contributed by atoms with Gasteiger partial charge in [0.1, 0.15) is 0 Å². The fourth-order valence-corrected chi connectivity index (χ4v) is 3.74. The number of oxazole rings is 1. The summed E-state index contributed by atoms with van der Waals surface area (Å²) in [7, 11) is 0. The topological polar surface area (TPSA) is 84.5 Å². The molecule has 0 saturated carbocycles. The molecule has 3 aromatic rings. The van der Waals surface area contributed by atoms with Gasteiger partial charge in [0.05, 0.1) is 16.8 Å². The first-order valence-electron chi connectivity index (χ1n) is 9.82. The molecule has 0 unspecified atom stereocenters. The van der Waals surface area contributed by atoms with Crippen LogP contribution in [0.25, 0.3) is 11.1 Å². The highest BCUT2D eigenvalue weighted by Crippen LogP contribution is 2.24. The van der Waals surface area contributed by atoms with Crippen molar-refractivity contribution in [3.05, 3.63) is 64.1 Å². The molecule has 2 heterocycles. The highest BCUT2D eigenvalue weighted by Gasteiger charge is 2.23. The van der Waals surface area contributed by atoms with E-state index in [1.807, 2.05) is 30.0 Å². The Morgan fingerprint density at radius 1 is 1.07 bits per heavy atom. The fourth-order valence-electron chi connectivity index (χ4n) is 3.74. The fraction of sp³-hybridized carbons (Fsp3) is 0.318. The zero-order valence-electron chi connectivity index (χ0n) is 16.3. The average molecular weight is 393 g/mol. The van der Waals surface area contributed by atoms with Gasteiger partial charge >= 0.3 is 5.76 Å². The Hall–Kier alpha value is -3.35. The molecule has 0 bridgehead atoms. The Morgan fingerprint density at radius 3 is 2.62 bits per heavy atom. The summed E-state index contributed by atoms with van der Waals surface area (Å²) in [6.45, 7) is 3.56. The van der Waals surface area contributed by atoms with Crippen LogP contribution in [0.1, 0.15) is 35.2 Å². The van der Waals surface area contributed by atoms with Gasteiger partial charge in [0.15, 0.2) is 5.58 Å². The van der Waals surface area contributed by atoms with Crippen LogP contribution in [-0.2, 0) is 11.3 Å². The summed E-state index contributed by atoms with van der Waals surface area (Å²) in [5, 5.41) is 2.88. The SMILES string of the molecule is Cc1cccc(C(=O)N2CCCC2)c1NC(=O)CCn1c(=O)oc2ccccc21. The van der Waals surface area contributed by atoms with Crippen LogP contribution >= 0.6 is 0 Å². The summed E-state index contributed by atoms with van der Waals surface area (Å²) < 4.78 is 6.65. The lowest BCUT2D eigenvalue weighted by atomic mass is 10.1. The normalized spacial score (nSPS) is 13.8. The third-order valence-electron chi connectivity index (χ3n) is 5.30. The zero-order chi connectivity index (χ0) is 20.4. The van der Waals surface area contributed by atoms with Gasteiger partial charge in [0.25, 0.3) is 5.91 Å². The quantitative estimate of drug-likeness (QED) is 0.722. The van der Waals surface area contributed by atoms with E-state index in [1.54, 1.807) is 24.3 Å². The van der Waals surface area contributed by atoms with Gasteiger partial charge in [-0.25, -0.2) is 4.79 Å². The number of hydrogen-bond acceptors (Lipinski definition) is 4. The summed E-state index contributed by atoms with van der Waals surface area (Å²) in [6.07, 6.45) is 2.11. The van der Waals surface area contributed by atoms with Gasteiger partial charge in [-0.3, -0.25) is 14.2 Å². The van der Waals surface area contributed by atoms with Gasteiger partial charge in [0.2, 0.25) is 5.91 Å². The molecule has 29 heavy (non-hydrogen) atoms. The van der Waals surface area contributed by atoms with Crippen molar-refractivity contribution in [2.45, 2.75) is 32.7 Å². The molecule has 2 aromatic carbocycles. The summed E-state index contributed by atoms with van der Waals surface area (Å²) in [6, 6.07) is 12.5. The average Bonchev–Trinajstić information content (AvgIpc) is 3.35. The van der Waals surface area contributed by atoms with Gasteiger partial charge in [-0.2, -0.15) is 0 Å². The maximum atomic E-state index is 12.9. The lowest BCUT2D eigenvalue weighted by Crippen LogP contribution is -2.29. The minimum atomic E-state index is -0.486. The lowest BCUT2D eigenvalue weighted by molar-refractivity contribution is -0.116. The van der Waals surface area contributed by atoms with E-state index in [0.29, 0.717) is 22.4 Å². The number of carbonyl (C=O) groups excluding carboxylic acids is 2. The van der Waals surface area contributed by atoms with Crippen molar-refractivity contribution in [1.29, 1.82) is 0 Å². The predicted molar refractivity (Wildman–Crippen MR) is 110 cm³/mol. The first-order valence-corrected chi connectivity index (χ1v) is 9.82. The Kier molecular flexibility index (Phi) is 5.20. The third kappa shape index (κ3) is 3.81. The summed E-state index contributed by atoms with van der Waals surface area (Å²) in [4.78, 5) is 39.4. The maximum absolute atomic E-state index is 12.9. The lowest BCUT2D eigenvalue weighted by Gasteiger charge is -2.19. The summed E-state index contributed by atoms with van der Waals surface area (Å²) in [5.74, 6) is -0.801. The highest BCUT2D eigenvalue weighted by atomic mass is 16.4. The van der Waals surface area contributed by atoms with Crippen molar-refractivity contribution < 1.29 is 14.0 Å². The van der Waals surface area contributed by atoms with E-state index < -0.39 is 5.76 Å². The minimum absolute atomic E-state index is 0.0569. The number of anilines is 1. The van der Waals surface area contributed by atoms with E-state index >= 15 is 0 Å². The van der Waals surface area contributed by atoms with Crippen LogP contribution in [-0.4, -0.2) is 34.4 Å². The molecular formula is C22H23N3O4. The molecule has 0 aliphatic carbocycles. The maximum Gasteiger partial charge on any atom is 0.419 e. The molecular weight excluding hydrogens is 370 g/mol. The van der Waals surface area contributed by atoms with Crippen LogP contribution < -0.4 is 11.1 Å². The van der Waals surface area contributed by atoms with Crippen LogP contribution in [0.2, 0.25) is 0 Å². The number of nitrogens with zero attached hydrogens (tertiary/aromatic N) is 2. The number of rotatable bonds is 5. The first kappa shape index (κ1) is 19.0. The Labute approximate surface area is 167 Å². The predicted octanol–water partition coefficient (Wildman–Crippen LogP) is 3.17. The van der Waals surface area contributed by atoms with E-state index in [0.717, 1.165) is 31.5 Å². The molecule has 0 atom stereocenters. The molecule has 7 nitrogen and oxygen atoms in total. The highest BCUT2D eigenvalue weighted by molar-refractivity contribution is 6.04. The van der Waals surface area contributed by atoms with Crippen molar-refractivity contribution in [1.82, 2.24) is 9.47 Å². The smallest absolute Gasteiger partial charge is 0.408 e. The van der Waals surface area contributed by atoms with Gasteiger partial charge in [-0.1, -0.05) is 24.3 Å². The van der Waals surface area contributed by atoms with Gasteiger partial charge in [-0.15, -0.1) is 0 Å². The van der Waals surface area contributed by atoms with E-state index in [-0.39, 0.29) is 24.8 Å². The molecule has 0 radical (unpaired) electrons. The van der Waals surface area contributed by atoms with E-state index in [1.165, 1.54) is 4.57 Å². The number of fused-ring (bicyclic) bond motifs is 1. The molecule has 0 spiro atoms. The number of aromatic nitrogens is 1. The Bertz CT molecular complexity index is 1120. The zero-order valence-corrected chi connectivity index (χ0v) is 16.3. The Balaban J connectivity index is 1.50. The standard InChI is InChI=1S/C22H23N3O4/c1-15-7-6-8-16(21(27)24-12-4-5-13-24)20(15)23-19(26)11-14-25-17-9-2-3-10-18(17)29-22(25)28/h2-3,6-10H,4-5,11-14H2,1H3,(H,23,26). The molecule has 1 fully saturated rings. The number of aryl methyl sites for hydroxylation is 2. The molecule has 4 rings (SSSR count). The monoisotopic (exact) mass is 393 g/mol. The number of amides is 2. The van der Waals surface area contributed by atoms with Crippen LogP contribution in [0.5, 0.6) is 0 Å². The van der Waals surface area contributed by atoms with Crippen LogP contribution in [0.3, 0.4) is 0 Å². The van der Waals surface area contributed by atoms with E-state index in [9.17, 15) is 14.4 Å². The molecule has 150 valence electrons. The van der Waals surface area contributed by atoms with Gasteiger partial charge in [0, 0.05) is 26.1 Å². The van der Waals surface area contributed by atoms with E-state index in [4.69, 9.17) is 4.42 Å². The second-order valence-corrected chi connectivity index (χ2v) is 7.28. The van der Waals surface area contributed by atoms with Crippen molar-refractivity contribution >= 4 is 28.6 Å².